The molecule has 5 heteroatoms. The van der Waals surface area contributed by atoms with Gasteiger partial charge in [0.25, 0.3) is 0 Å². The molecule has 102 valence electrons. The molecule has 0 bridgehead atoms. The Hall–Kier alpha value is -2.14. The number of hydrogen-bond acceptors (Lipinski definition) is 3. The molecule has 0 saturated carbocycles. The van der Waals surface area contributed by atoms with Gasteiger partial charge in [0.2, 0.25) is 0 Å². The minimum Gasteiger partial charge on any atom is -0.461 e. The molecule has 5 nitrogen and oxygen atoms in total. The van der Waals surface area contributed by atoms with Crippen molar-refractivity contribution in [3.05, 3.63) is 54.1 Å². The molecule has 0 amide bonds. The zero-order valence-electron chi connectivity index (χ0n) is 11.0. The van der Waals surface area contributed by atoms with E-state index >= 15 is 0 Å². The van der Waals surface area contributed by atoms with Crippen molar-refractivity contribution < 1.29 is 15.0 Å². The van der Waals surface area contributed by atoms with Crippen molar-refractivity contribution in [3.63, 3.8) is 0 Å². The van der Waals surface area contributed by atoms with Crippen LogP contribution in [0.3, 0.4) is 0 Å². The predicted octanol–water partition coefficient (Wildman–Crippen LogP) is 1.84. The molecule has 0 aliphatic carbocycles. The number of esters is 1. The normalized spacial score (nSPS) is 11.5. The van der Waals surface area contributed by atoms with Gasteiger partial charge in [0, 0.05) is 0 Å². The second-order valence-corrected chi connectivity index (χ2v) is 3.99. The Labute approximate surface area is 112 Å². The Morgan fingerprint density at radius 1 is 1.37 bits per heavy atom. The molecule has 1 aromatic carbocycles. The molecule has 19 heavy (non-hydrogen) atoms. The van der Waals surface area contributed by atoms with Crippen molar-refractivity contribution in [2.45, 2.75) is 19.9 Å². The molecule has 0 aliphatic rings. The predicted molar refractivity (Wildman–Crippen MR) is 72.1 cm³/mol. The fraction of sp³-hybridized carbons (Fsp3) is 0.286. The Morgan fingerprint density at radius 3 is 2.68 bits per heavy atom. The summed E-state index contributed by atoms with van der Waals surface area (Å²) in [6, 6.07) is 10.0. The standard InChI is InChI=1S/C14H16N2O2.H2O/c1-3-18-14(17)13-9-15-10-16(13)11(2)12-7-5-4-6-8-12;/h4-11H,3H2,1-2H3;1H2/t11-;/m1./s1. The fourth-order valence-electron chi connectivity index (χ4n) is 1.87. The number of aromatic nitrogens is 2. The quantitative estimate of drug-likeness (QED) is 0.789. The first-order valence-corrected chi connectivity index (χ1v) is 5.98. The van der Waals surface area contributed by atoms with Gasteiger partial charge in [0.1, 0.15) is 5.69 Å². The molecule has 2 N–H and O–H groups in total. The van der Waals surface area contributed by atoms with E-state index in [0.717, 1.165) is 5.56 Å². The van der Waals surface area contributed by atoms with Crippen LogP contribution in [0.1, 0.15) is 35.9 Å². The lowest BCUT2D eigenvalue weighted by molar-refractivity contribution is 0.0512. The molecule has 1 aromatic heterocycles. The molecule has 0 unspecified atom stereocenters. The number of carbonyl (C=O) groups excluding carboxylic acids is 1. The molecular formula is C14H18N2O3. The zero-order valence-corrected chi connectivity index (χ0v) is 11.0. The van der Waals surface area contributed by atoms with E-state index in [1.807, 2.05) is 41.8 Å². The van der Waals surface area contributed by atoms with Gasteiger partial charge < -0.3 is 14.8 Å². The number of nitrogens with zero attached hydrogens (tertiary/aromatic N) is 2. The van der Waals surface area contributed by atoms with Crippen molar-refractivity contribution in [3.8, 4) is 0 Å². The number of imidazole rings is 1. The Kier molecular flexibility index (Phi) is 5.26. The highest BCUT2D eigenvalue weighted by Crippen LogP contribution is 2.19. The van der Waals surface area contributed by atoms with Crippen LogP contribution < -0.4 is 0 Å². The maximum Gasteiger partial charge on any atom is 0.356 e. The van der Waals surface area contributed by atoms with E-state index < -0.39 is 0 Å². The first-order chi connectivity index (χ1) is 8.74. The molecule has 2 aromatic rings. The fourth-order valence-corrected chi connectivity index (χ4v) is 1.87. The minimum absolute atomic E-state index is 0. The lowest BCUT2D eigenvalue weighted by Crippen LogP contribution is -2.15. The maximum absolute atomic E-state index is 11.8. The molecule has 2 rings (SSSR count). The summed E-state index contributed by atoms with van der Waals surface area (Å²) in [4.78, 5) is 15.8. The monoisotopic (exact) mass is 262 g/mol. The van der Waals surface area contributed by atoms with Gasteiger partial charge in [-0.1, -0.05) is 30.3 Å². The number of ether oxygens (including phenoxy) is 1. The summed E-state index contributed by atoms with van der Waals surface area (Å²) < 4.78 is 6.84. The highest BCUT2D eigenvalue weighted by atomic mass is 16.5. The van der Waals surface area contributed by atoms with Crippen molar-refractivity contribution >= 4 is 5.97 Å². The Balaban J connectivity index is 0.00000180. The number of rotatable bonds is 4. The summed E-state index contributed by atoms with van der Waals surface area (Å²) in [6.45, 7) is 4.18. The van der Waals surface area contributed by atoms with Crippen molar-refractivity contribution in [1.82, 2.24) is 9.55 Å². The van der Waals surface area contributed by atoms with Gasteiger partial charge in [0.15, 0.2) is 0 Å². The highest BCUT2D eigenvalue weighted by molar-refractivity contribution is 5.87. The lowest BCUT2D eigenvalue weighted by Gasteiger charge is -2.16. The smallest absolute Gasteiger partial charge is 0.356 e. The van der Waals surface area contributed by atoms with E-state index in [-0.39, 0.29) is 17.5 Å². The van der Waals surface area contributed by atoms with E-state index in [9.17, 15) is 4.79 Å². The van der Waals surface area contributed by atoms with Gasteiger partial charge in [-0.05, 0) is 19.4 Å². The molecule has 0 radical (unpaired) electrons. The third kappa shape index (κ3) is 3.20. The molecule has 0 spiro atoms. The zero-order chi connectivity index (χ0) is 13.0. The topological polar surface area (TPSA) is 75.6 Å². The largest absolute Gasteiger partial charge is 0.461 e. The average molecular weight is 262 g/mol. The highest BCUT2D eigenvalue weighted by Gasteiger charge is 2.17. The van der Waals surface area contributed by atoms with Crippen molar-refractivity contribution in [2.24, 2.45) is 0 Å². The molecule has 1 atom stereocenters. The van der Waals surface area contributed by atoms with Crippen LogP contribution in [0.2, 0.25) is 0 Å². The number of hydrogen-bond donors (Lipinski definition) is 0. The van der Waals surface area contributed by atoms with E-state index in [1.165, 1.54) is 6.20 Å². The number of benzene rings is 1. The first-order valence-electron chi connectivity index (χ1n) is 5.98. The molecular weight excluding hydrogens is 244 g/mol. The van der Waals surface area contributed by atoms with Crippen molar-refractivity contribution in [1.29, 1.82) is 0 Å². The van der Waals surface area contributed by atoms with Crippen LogP contribution in [0.4, 0.5) is 0 Å². The molecule has 0 fully saturated rings. The average Bonchev–Trinajstić information content (AvgIpc) is 2.88. The lowest BCUT2D eigenvalue weighted by atomic mass is 10.1. The summed E-state index contributed by atoms with van der Waals surface area (Å²) in [5, 5.41) is 0. The van der Waals surface area contributed by atoms with Crippen LogP contribution in [0, 0.1) is 0 Å². The van der Waals surface area contributed by atoms with Crippen LogP contribution in [0.25, 0.3) is 0 Å². The SMILES string of the molecule is CCOC(=O)c1cncn1[C@H](C)c1ccccc1.O. The third-order valence-corrected chi connectivity index (χ3v) is 2.85. The second kappa shape index (κ2) is 6.70. The summed E-state index contributed by atoms with van der Waals surface area (Å²) in [5.74, 6) is -0.335. The Morgan fingerprint density at radius 2 is 2.05 bits per heavy atom. The van der Waals surface area contributed by atoms with Crippen LogP contribution in [-0.4, -0.2) is 27.6 Å². The third-order valence-electron chi connectivity index (χ3n) is 2.85. The number of carbonyl (C=O) groups is 1. The summed E-state index contributed by atoms with van der Waals surface area (Å²) in [6.07, 6.45) is 3.20. The molecule has 1 heterocycles. The van der Waals surface area contributed by atoms with E-state index in [4.69, 9.17) is 4.74 Å². The minimum atomic E-state index is -0.335. The first kappa shape index (κ1) is 14.9. The van der Waals surface area contributed by atoms with Crippen LogP contribution >= 0.6 is 0 Å². The van der Waals surface area contributed by atoms with Gasteiger partial charge in [0.05, 0.1) is 25.2 Å². The van der Waals surface area contributed by atoms with E-state index in [2.05, 4.69) is 4.98 Å². The summed E-state index contributed by atoms with van der Waals surface area (Å²) in [5.41, 5.74) is 1.61. The second-order valence-electron chi connectivity index (χ2n) is 3.99. The Bertz CT molecular complexity index is 522. The molecule has 0 aliphatic heterocycles. The van der Waals surface area contributed by atoms with Gasteiger partial charge in [-0.15, -0.1) is 0 Å². The van der Waals surface area contributed by atoms with Gasteiger partial charge in [-0.2, -0.15) is 0 Å². The van der Waals surface area contributed by atoms with Crippen molar-refractivity contribution in [2.75, 3.05) is 6.61 Å². The summed E-state index contributed by atoms with van der Waals surface area (Å²) >= 11 is 0. The van der Waals surface area contributed by atoms with Crippen LogP contribution in [0.5, 0.6) is 0 Å². The van der Waals surface area contributed by atoms with Gasteiger partial charge >= 0.3 is 5.97 Å². The van der Waals surface area contributed by atoms with Gasteiger partial charge in [-0.25, -0.2) is 9.78 Å². The van der Waals surface area contributed by atoms with Crippen LogP contribution in [0.15, 0.2) is 42.9 Å². The van der Waals surface area contributed by atoms with E-state index in [0.29, 0.717) is 12.3 Å². The molecule has 0 saturated heterocycles. The van der Waals surface area contributed by atoms with Crippen LogP contribution in [-0.2, 0) is 4.74 Å². The van der Waals surface area contributed by atoms with E-state index in [1.54, 1.807) is 13.3 Å². The maximum atomic E-state index is 11.8. The summed E-state index contributed by atoms with van der Waals surface area (Å²) in [7, 11) is 0. The van der Waals surface area contributed by atoms with Gasteiger partial charge in [-0.3, -0.25) is 0 Å².